The van der Waals surface area contributed by atoms with Gasteiger partial charge in [0.05, 0.1) is 22.6 Å². The summed E-state index contributed by atoms with van der Waals surface area (Å²) in [5, 5.41) is 12.4. The van der Waals surface area contributed by atoms with Crippen LogP contribution in [0.4, 0.5) is 11.4 Å². The lowest BCUT2D eigenvalue weighted by Gasteiger charge is -2.11. The van der Waals surface area contributed by atoms with Gasteiger partial charge < -0.3 is 5.32 Å². The van der Waals surface area contributed by atoms with Gasteiger partial charge in [-0.3, -0.25) is 4.98 Å². The highest BCUT2D eigenvalue weighted by molar-refractivity contribution is 5.68. The average molecular weight is 237 g/mol. The van der Waals surface area contributed by atoms with E-state index < -0.39 is 0 Å². The van der Waals surface area contributed by atoms with E-state index in [2.05, 4.69) is 16.4 Å². The molecule has 0 bridgehead atoms. The molecule has 0 radical (unpaired) electrons. The molecule has 0 aliphatic heterocycles. The van der Waals surface area contributed by atoms with Crippen LogP contribution in [0, 0.1) is 32.1 Å². The molecule has 3 heteroatoms. The predicted molar refractivity (Wildman–Crippen MR) is 72.9 cm³/mol. The number of hydrogen-bond acceptors (Lipinski definition) is 3. The maximum Gasteiger partial charge on any atom is 0.101 e. The third-order valence-electron chi connectivity index (χ3n) is 2.79. The first-order valence-corrected chi connectivity index (χ1v) is 5.82. The van der Waals surface area contributed by atoms with E-state index >= 15 is 0 Å². The molecule has 1 N–H and O–H groups in total. The largest absolute Gasteiger partial charge is 0.353 e. The normalized spacial score (nSPS) is 9.89. The number of hydrogen-bond donors (Lipinski definition) is 1. The van der Waals surface area contributed by atoms with Crippen LogP contribution in [0.2, 0.25) is 0 Å². The van der Waals surface area contributed by atoms with Crippen molar-refractivity contribution in [2.75, 3.05) is 5.32 Å². The molecule has 0 aliphatic carbocycles. The molecule has 1 aromatic heterocycles. The Morgan fingerprint density at radius 3 is 2.44 bits per heavy atom. The van der Waals surface area contributed by atoms with Crippen molar-refractivity contribution in [2.24, 2.45) is 0 Å². The molecule has 0 unspecified atom stereocenters. The molecule has 2 aromatic rings. The number of aryl methyl sites for hydroxylation is 3. The molecule has 90 valence electrons. The van der Waals surface area contributed by atoms with Crippen molar-refractivity contribution < 1.29 is 0 Å². The minimum absolute atomic E-state index is 0.648. The average Bonchev–Trinajstić information content (AvgIpc) is 2.34. The quantitative estimate of drug-likeness (QED) is 0.867. The Morgan fingerprint density at radius 1 is 1.06 bits per heavy atom. The van der Waals surface area contributed by atoms with Gasteiger partial charge >= 0.3 is 0 Å². The Labute approximate surface area is 107 Å². The number of pyridine rings is 1. The highest BCUT2D eigenvalue weighted by atomic mass is 14.9. The number of rotatable bonds is 2. The van der Waals surface area contributed by atoms with Crippen molar-refractivity contribution in [3.63, 3.8) is 0 Å². The van der Waals surface area contributed by atoms with E-state index in [1.54, 1.807) is 0 Å². The zero-order valence-corrected chi connectivity index (χ0v) is 10.8. The fraction of sp³-hybridized carbons (Fsp3) is 0.200. The van der Waals surface area contributed by atoms with Crippen molar-refractivity contribution in [3.05, 3.63) is 52.8 Å². The van der Waals surface area contributed by atoms with Gasteiger partial charge in [0.15, 0.2) is 0 Å². The number of anilines is 2. The minimum atomic E-state index is 0.648. The summed E-state index contributed by atoms with van der Waals surface area (Å²) in [6, 6.07) is 11.9. The Kier molecular flexibility index (Phi) is 3.29. The van der Waals surface area contributed by atoms with Crippen molar-refractivity contribution in [1.29, 1.82) is 5.26 Å². The Bertz CT molecular complexity index is 624. The highest BCUT2D eigenvalue weighted by Gasteiger charge is 2.05. The second-order valence-corrected chi connectivity index (χ2v) is 4.37. The molecule has 1 aromatic carbocycles. The first kappa shape index (κ1) is 12.1. The third kappa shape index (κ3) is 2.49. The second kappa shape index (κ2) is 4.89. The molecular weight excluding hydrogens is 222 g/mol. The van der Waals surface area contributed by atoms with Crippen LogP contribution in [0.3, 0.4) is 0 Å². The highest BCUT2D eigenvalue weighted by Crippen LogP contribution is 2.23. The lowest BCUT2D eigenvalue weighted by Crippen LogP contribution is -1.98. The van der Waals surface area contributed by atoms with Gasteiger partial charge in [-0.2, -0.15) is 5.26 Å². The van der Waals surface area contributed by atoms with Gasteiger partial charge in [-0.05, 0) is 50.6 Å². The van der Waals surface area contributed by atoms with E-state index in [1.165, 1.54) is 0 Å². The lowest BCUT2D eigenvalue weighted by molar-refractivity contribution is 1.12. The van der Waals surface area contributed by atoms with Crippen molar-refractivity contribution >= 4 is 11.4 Å². The molecule has 0 spiro atoms. The van der Waals surface area contributed by atoms with Gasteiger partial charge in [0.2, 0.25) is 0 Å². The summed E-state index contributed by atoms with van der Waals surface area (Å²) in [7, 11) is 0. The summed E-state index contributed by atoms with van der Waals surface area (Å²) in [6.45, 7) is 5.89. The molecule has 0 saturated heterocycles. The van der Waals surface area contributed by atoms with Crippen LogP contribution in [0.25, 0.3) is 0 Å². The summed E-state index contributed by atoms with van der Waals surface area (Å²) in [4.78, 5) is 4.40. The maximum atomic E-state index is 9.13. The number of aromatic nitrogens is 1. The number of nitrogens with one attached hydrogen (secondary N) is 1. The molecule has 0 saturated carbocycles. The van der Waals surface area contributed by atoms with Gasteiger partial charge in [-0.15, -0.1) is 0 Å². The van der Waals surface area contributed by atoms with Crippen LogP contribution in [0.15, 0.2) is 30.3 Å². The van der Waals surface area contributed by atoms with Crippen molar-refractivity contribution in [1.82, 2.24) is 4.98 Å². The first-order valence-electron chi connectivity index (χ1n) is 5.82. The molecule has 0 atom stereocenters. The topological polar surface area (TPSA) is 48.7 Å². The van der Waals surface area contributed by atoms with Crippen LogP contribution in [0.5, 0.6) is 0 Å². The van der Waals surface area contributed by atoms with Gasteiger partial charge in [0.25, 0.3) is 0 Å². The molecular formula is C15H15N3. The second-order valence-electron chi connectivity index (χ2n) is 4.37. The van der Waals surface area contributed by atoms with Gasteiger partial charge in [-0.25, -0.2) is 0 Å². The SMILES string of the molecule is Cc1ccc(Nc2ccc(C)nc2C)c(C#N)c1. The zero-order valence-electron chi connectivity index (χ0n) is 10.8. The molecule has 0 fully saturated rings. The lowest BCUT2D eigenvalue weighted by atomic mass is 10.1. The van der Waals surface area contributed by atoms with Crippen molar-refractivity contribution in [3.8, 4) is 6.07 Å². The Morgan fingerprint density at radius 2 is 1.78 bits per heavy atom. The van der Waals surface area contributed by atoms with Crippen LogP contribution >= 0.6 is 0 Å². The number of nitrogens with zero attached hydrogens (tertiary/aromatic N) is 2. The van der Waals surface area contributed by atoms with E-state index in [4.69, 9.17) is 5.26 Å². The molecule has 3 nitrogen and oxygen atoms in total. The third-order valence-corrected chi connectivity index (χ3v) is 2.79. The monoisotopic (exact) mass is 237 g/mol. The predicted octanol–water partition coefficient (Wildman–Crippen LogP) is 3.62. The van der Waals surface area contributed by atoms with E-state index in [-0.39, 0.29) is 0 Å². The first-order chi connectivity index (χ1) is 8.60. The summed E-state index contributed by atoms with van der Waals surface area (Å²) < 4.78 is 0. The summed E-state index contributed by atoms with van der Waals surface area (Å²) in [5.74, 6) is 0. The molecule has 0 aliphatic rings. The summed E-state index contributed by atoms with van der Waals surface area (Å²) >= 11 is 0. The van der Waals surface area contributed by atoms with Crippen LogP contribution in [0.1, 0.15) is 22.5 Å². The minimum Gasteiger partial charge on any atom is -0.353 e. The van der Waals surface area contributed by atoms with E-state index in [1.807, 2.05) is 51.1 Å². The maximum absolute atomic E-state index is 9.13. The Hall–Kier alpha value is -2.34. The number of benzene rings is 1. The fourth-order valence-corrected chi connectivity index (χ4v) is 1.82. The number of nitriles is 1. The molecule has 0 amide bonds. The summed E-state index contributed by atoms with van der Waals surface area (Å²) in [6.07, 6.45) is 0. The van der Waals surface area contributed by atoms with Crippen LogP contribution in [-0.2, 0) is 0 Å². The smallest absolute Gasteiger partial charge is 0.101 e. The van der Waals surface area contributed by atoms with E-state index in [9.17, 15) is 0 Å². The molecule has 2 rings (SSSR count). The van der Waals surface area contributed by atoms with Gasteiger partial charge in [-0.1, -0.05) is 6.07 Å². The van der Waals surface area contributed by atoms with Gasteiger partial charge in [0.1, 0.15) is 6.07 Å². The van der Waals surface area contributed by atoms with E-state index in [0.29, 0.717) is 5.56 Å². The van der Waals surface area contributed by atoms with Crippen LogP contribution in [-0.4, -0.2) is 4.98 Å². The van der Waals surface area contributed by atoms with Gasteiger partial charge in [0, 0.05) is 5.69 Å². The zero-order chi connectivity index (χ0) is 13.1. The molecule has 1 heterocycles. The fourth-order valence-electron chi connectivity index (χ4n) is 1.82. The van der Waals surface area contributed by atoms with E-state index in [0.717, 1.165) is 28.3 Å². The van der Waals surface area contributed by atoms with Crippen LogP contribution < -0.4 is 5.32 Å². The molecule has 18 heavy (non-hydrogen) atoms. The van der Waals surface area contributed by atoms with Crippen molar-refractivity contribution in [2.45, 2.75) is 20.8 Å². The summed E-state index contributed by atoms with van der Waals surface area (Å²) in [5.41, 5.74) is 5.39. The Balaban J connectivity index is 2.37. The standard InChI is InChI=1S/C15H15N3/c1-10-4-6-15(13(8-10)9-16)18-14-7-5-11(2)17-12(14)3/h4-8,18H,1-3H3.